The Morgan fingerprint density at radius 2 is 1.86 bits per heavy atom. The summed E-state index contributed by atoms with van der Waals surface area (Å²) in [7, 11) is 0. The van der Waals surface area contributed by atoms with Crippen LogP contribution in [0, 0.1) is 10.1 Å². The first kappa shape index (κ1) is 18.4. The highest BCUT2D eigenvalue weighted by Gasteiger charge is 2.18. The molecule has 4 N–H and O–H groups in total. The first-order valence-corrected chi connectivity index (χ1v) is 9.40. The highest BCUT2D eigenvalue weighted by molar-refractivity contribution is 7.17. The quantitative estimate of drug-likeness (QED) is 0.376. The molecule has 0 aliphatic rings. The summed E-state index contributed by atoms with van der Waals surface area (Å²) in [6.07, 6.45) is 1.67. The molecule has 2 heterocycles. The van der Waals surface area contributed by atoms with Crippen LogP contribution in [0.3, 0.4) is 0 Å². The van der Waals surface area contributed by atoms with Gasteiger partial charge in [0.15, 0.2) is 0 Å². The number of benzene rings is 2. The fourth-order valence-electron chi connectivity index (χ4n) is 3.16. The van der Waals surface area contributed by atoms with E-state index >= 15 is 0 Å². The molecule has 0 saturated carbocycles. The molecule has 0 unspecified atom stereocenters. The van der Waals surface area contributed by atoms with E-state index in [1.807, 2.05) is 23.6 Å². The van der Waals surface area contributed by atoms with Crippen molar-refractivity contribution in [2.75, 3.05) is 10.6 Å². The molecule has 0 bridgehead atoms. The first-order valence-electron chi connectivity index (χ1n) is 8.52. The number of nitrogen functional groups attached to an aromatic ring is 1. The standard InChI is InChI=1S/C20H15N5O3S/c21-19-18-16(11-29-17(18)8-9-23-19)12-4-6-13(7-5-12)24(20(22)26)14-2-1-3-15(10-14)25(27)28/h1-11H,(H2,21,23)(H2,22,26). The number of primary amides is 1. The molecule has 0 radical (unpaired) electrons. The monoisotopic (exact) mass is 405 g/mol. The number of nitro benzene ring substituents is 1. The van der Waals surface area contributed by atoms with Crippen molar-refractivity contribution in [2.24, 2.45) is 5.73 Å². The summed E-state index contributed by atoms with van der Waals surface area (Å²) in [5, 5.41) is 13.9. The van der Waals surface area contributed by atoms with Crippen molar-refractivity contribution in [3.63, 3.8) is 0 Å². The number of fused-ring (bicyclic) bond motifs is 1. The maximum Gasteiger partial charge on any atom is 0.323 e. The van der Waals surface area contributed by atoms with Crippen LogP contribution in [0.5, 0.6) is 0 Å². The number of anilines is 3. The van der Waals surface area contributed by atoms with Gasteiger partial charge in [-0.2, -0.15) is 0 Å². The Kier molecular flexibility index (Phi) is 4.57. The van der Waals surface area contributed by atoms with Gasteiger partial charge in [-0.3, -0.25) is 15.0 Å². The van der Waals surface area contributed by atoms with E-state index in [4.69, 9.17) is 11.5 Å². The number of aromatic nitrogens is 1. The van der Waals surface area contributed by atoms with Crippen LogP contribution >= 0.6 is 11.3 Å². The van der Waals surface area contributed by atoms with E-state index in [-0.39, 0.29) is 5.69 Å². The van der Waals surface area contributed by atoms with Crippen molar-refractivity contribution in [3.8, 4) is 11.1 Å². The van der Waals surface area contributed by atoms with E-state index in [1.165, 1.54) is 23.1 Å². The van der Waals surface area contributed by atoms with Gasteiger partial charge in [0.05, 0.1) is 16.3 Å². The van der Waals surface area contributed by atoms with E-state index in [1.54, 1.807) is 35.7 Å². The fourth-order valence-corrected chi connectivity index (χ4v) is 4.13. The molecule has 4 rings (SSSR count). The minimum absolute atomic E-state index is 0.127. The summed E-state index contributed by atoms with van der Waals surface area (Å²) in [6, 6.07) is 14.1. The molecule has 0 saturated heterocycles. The number of non-ortho nitro benzene ring substituents is 1. The number of carbonyl (C=O) groups excluding carboxylic acids is 1. The van der Waals surface area contributed by atoms with E-state index in [2.05, 4.69) is 4.98 Å². The lowest BCUT2D eigenvalue weighted by Crippen LogP contribution is -2.31. The second kappa shape index (κ2) is 7.21. The van der Waals surface area contributed by atoms with Gasteiger partial charge in [-0.15, -0.1) is 11.3 Å². The lowest BCUT2D eigenvalue weighted by molar-refractivity contribution is -0.384. The summed E-state index contributed by atoms with van der Waals surface area (Å²) >= 11 is 1.57. The highest BCUT2D eigenvalue weighted by atomic mass is 32.1. The Bertz CT molecular complexity index is 1240. The van der Waals surface area contributed by atoms with Gasteiger partial charge in [0, 0.05) is 34.0 Å². The molecule has 9 heteroatoms. The summed E-state index contributed by atoms with van der Waals surface area (Å²) in [5.41, 5.74) is 14.1. The molecule has 144 valence electrons. The predicted molar refractivity (Wildman–Crippen MR) is 114 cm³/mol. The van der Waals surface area contributed by atoms with Gasteiger partial charge in [0.25, 0.3) is 5.69 Å². The number of nitrogens with two attached hydrogens (primary N) is 2. The Labute approximate surface area is 169 Å². The number of amides is 2. The average molecular weight is 405 g/mol. The minimum Gasteiger partial charge on any atom is -0.383 e. The number of nitro groups is 1. The number of thiophene rings is 1. The Hall–Kier alpha value is -3.98. The van der Waals surface area contributed by atoms with Crippen molar-refractivity contribution in [3.05, 3.63) is 76.3 Å². The Morgan fingerprint density at radius 1 is 1.10 bits per heavy atom. The topological polar surface area (TPSA) is 128 Å². The lowest BCUT2D eigenvalue weighted by atomic mass is 10.0. The van der Waals surface area contributed by atoms with Crippen LogP contribution in [0.25, 0.3) is 21.2 Å². The molecule has 0 spiro atoms. The van der Waals surface area contributed by atoms with Crippen molar-refractivity contribution in [1.82, 2.24) is 4.98 Å². The molecule has 0 fully saturated rings. The van der Waals surface area contributed by atoms with Crippen molar-refractivity contribution in [2.45, 2.75) is 0 Å². The number of hydrogen-bond donors (Lipinski definition) is 2. The molecule has 0 aliphatic carbocycles. The minimum atomic E-state index is -0.743. The zero-order valence-electron chi connectivity index (χ0n) is 15.0. The third-order valence-corrected chi connectivity index (χ3v) is 5.42. The van der Waals surface area contributed by atoms with Crippen LogP contribution in [0.1, 0.15) is 0 Å². The second-order valence-corrected chi connectivity index (χ2v) is 7.13. The molecule has 0 atom stereocenters. The Balaban J connectivity index is 1.74. The van der Waals surface area contributed by atoms with Crippen LogP contribution in [0.4, 0.5) is 27.7 Å². The molecule has 29 heavy (non-hydrogen) atoms. The van der Waals surface area contributed by atoms with Crippen LogP contribution < -0.4 is 16.4 Å². The smallest absolute Gasteiger partial charge is 0.323 e. The molecular weight excluding hydrogens is 390 g/mol. The zero-order valence-corrected chi connectivity index (χ0v) is 15.8. The van der Waals surface area contributed by atoms with E-state index in [9.17, 15) is 14.9 Å². The number of pyridine rings is 1. The SMILES string of the molecule is NC(=O)N(c1ccc(-c2csc3ccnc(N)c23)cc1)c1cccc([N+](=O)[O-])c1. The van der Waals surface area contributed by atoms with Gasteiger partial charge >= 0.3 is 6.03 Å². The average Bonchev–Trinajstić information content (AvgIpc) is 3.14. The molecule has 2 amide bonds. The molecular formula is C20H15N5O3S. The largest absolute Gasteiger partial charge is 0.383 e. The summed E-state index contributed by atoms with van der Waals surface area (Å²) in [6.45, 7) is 0. The number of hydrogen-bond acceptors (Lipinski definition) is 6. The summed E-state index contributed by atoms with van der Waals surface area (Å²) in [4.78, 5) is 28.0. The lowest BCUT2D eigenvalue weighted by Gasteiger charge is -2.20. The molecule has 2 aromatic carbocycles. The predicted octanol–water partition coefficient (Wildman–Crippen LogP) is 4.67. The van der Waals surface area contributed by atoms with Crippen LogP contribution in [-0.2, 0) is 0 Å². The van der Waals surface area contributed by atoms with Gasteiger partial charge in [-0.05, 0) is 35.2 Å². The van der Waals surface area contributed by atoms with Crippen molar-refractivity contribution < 1.29 is 9.72 Å². The molecule has 0 aliphatic heterocycles. The maximum atomic E-state index is 12.1. The van der Waals surface area contributed by atoms with Gasteiger partial charge < -0.3 is 11.5 Å². The molecule has 8 nitrogen and oxygen atoms in total. The number of urea groups is 1. The van der Waals surface area contributed by atoms with Crippen molar-refractivity contribution >= 4 is 50.3 Å². The third kappa shape index (κ3) is 3.34. The van der Waals surface area contributed by atoms with E-state index in [0.29, 0.717) is 17.2 Å². The van der Waals surface area contributed by atoms with Gasteiger partial charge in [-0.1, -0.05) is 18.2 Å². The number of rotatable bonds is 4. The zero-order chi connectivity index (χ0) is 20.5. The molecule has 4 aromatic rings. The van der Waals surface area contributed by atoms with E-state index < -0.39 is 11.0 Å². The summed E-state index contributed by atoms with van der Waals surface area (Å²) in [5.74, 6) is 0.457. The normalized spacial score (nSPS) is 10.8. The van der Waals surface area contributed by atoms with E-state index in [0.717, 1.165) is 21.2 Å². The summed E-state index contributed by atoms with van der Waals surface area (Å²) < 4.78 is 1.03. The Morgan fingerprint density at radius 3 is 2.55 bits per heavy atom. The third-order valence-electron chi connectivity index (χ3n) is 4.47. The second-order valence-electron chi connectivity index (χ2n) is 6.22. The number of nitrogens with zero attached hydrogens (tertiary/aromatic N) is 3. The van der Waals surface area contributed by atoms with Crippen molar-refractivity contribution in [1.29, 1.82) is 0 Å². The van der Waals surface area contributed by atoms with Crippen LogP contribution in [-0.4, -0.2) is 15.9 Å². The highest BCUT2D eigenvalue weighted by Crippen LogP contribution is 2.37. The van der Waals surface area contributed by atoms with Gasteiger partial charge in [-0.25, -0.2) is 9.78 Å². The number of carbonyl (C=O) groups is 1. The van der Waals surface area contributed by atoms with Crippen LogP contribution in [0.15, 0.2) is 66.2 Å². The maximum absolute atomic E-state index is 12.1. The van der Waals surface area contributed by atoms with Gasteiger partial charge in [0.2, 0.25) is 0 Å². The molecule has 2 aromatic heterocycles. The van der Waals surface area contributed by atoms with Crippen LogP contribution in [0.2, 0.25) is 0 Å². The first-order chi connectivity index (χ1) is 14.0. The fraction of sp³-hybridized carbons (Fsp3) is 0. The van der Waals surface area contributed by atoms with Gasteiger partial charge in [0.1, 0.15) is 5.82 Å².